The van der Waals surface area contributed by atoms with Crippen LogP contribution in [0.2, 0.25) is 0 Å². The number of ether oxygens (including phenoxy) is 5. The fourth-order valence-corrected chi connectivity index (χ4v) is 9.68. The number of thiol groups is 1. The number of nitrogens with one attached hydrogen (secondary N) is 2. The summed E-state index contributed by atoms with van der Waals surface area (Å²) in [5, 5.41) is 0. The van der Waals surface area contributed by atoms with Crippen molar-refractivity contribution in [2.45, 2.75) is 81.6 Å². The second-order valence-corrected chi connectivity index (χ2v) is 18.2. The molecule has 0 saturated carbocycles. The van der Waals surface area contributed by atoms with Crippen LogP contribution < -0.4 is 28.4 Å². The standard InChI is InChI=1S/C31H42N10O15P2S/c1-13-7-16(15-8-20(42)39-30(43)37-15)53-17(13)9-51-58(47,59)56-23-18(54-29(25(23)49-4)41-12-36-21-26(33)34-11-35-27(21)41)10-50-57(45,46)55-22-14(2)52-28(24(22)48-3)40-6-5-19(32)38-31(40)44/h5-6,8,11-14,16-18,22-25,28-29H,7,9-10H2,1-4H3,(H,45,46)(H,47,59)(H2,32,38,44)(H2,33,34,35)(H2,37,39,42,43)/t13?,14-,16-,17-,18-,22?,23?,24?,25?,28-,29-,58?/m1/s1. The number of hydrogen-bond donors (Lipinski definition) is 6. The van der Waals surface area contributed by atoms with Gasteiger partial charge in [-0.15, -0.1) is 0 Å². The van der Waals surface area contributed by atoms with E-state index in [1.54, 1.807) is 6.92 Å². The summed E-state index contributed by atoms with van der Waals surface area (Å²) >= 11 is 4.23. The van der Waals surface area contributed by atoms with Gasteiger partial charge in [0, 0.05) is 26.5 Å². The average molecular weight is 889 g/mol. The van der Waals surface area contributed by atoms with Crippen LogP contribution in [0.5, 0.6) is 0 Å². The van der Waals surface area contributed by atoms with Crippen LogP contribution in [0.3, 0.4) is 0 Å². The van der Waals surface area contributed by atoms with Crippen molar-refractivity contribution in [3.8, 4) is 0 Å². The van der Waals surface area contributed by atoms with Gasteiger partial charge in [-0.25, -0.2) is 33.7 Å². The molecular weight excluding hydrogens is 846 g/mol. The van der Waals surface area contributed by atoms with Gasteiger partial charge in [0.25, 0.3) is 5.56 Å². The Balaban J connectivity index is 1.08. The van der Waals surface area contributed by atoms with Crippen LogP contribution in [0.4, 0.5) is 11.6 Å². The zero-order valence-electron chi connectivity index (χ0n) is 31.7. The van der Waals surface area contributed by atoms with Gasteiger partial charge in [0.15, 0.2) is 23.9 Å². The SMILES string of the molecule is COC1C(OP(=O)(O)OC[C@H]2O[C@@H](n3cnc4c(N)ncnc43)C(OC)C2OP(=O)(S)OC[C@H]2O[C@@H](c3cc(=O)[nH]c(=O)[nH]3)CC2C)[C@@H](C)O[C@H]1n1ccc(N)nc1=O. The van der Waals surface area contributed by atoms with Crippen molar-refractivity contribution in [3.63, 3.8) is 0 Å². The number of hydrogen-bond acceptors (Lipinski definition) is 20. The molecule has 13 atom stereocenters. The Morgan fingerprint density at radius 1 is 0.915 bits per heavy atom. The maximum absolute atomic E-state index is 13.9. The minimum atomic E-state index is -5.02. The molecule has 0 bridgehead atoms. The second kappa shape index (κ2) is 17.2. The normalized spacial score (nSPS) is 31.7. The molecule has 7 rings (SSSR count). The van der Waals surface area contributed by atoms with E-state index in [1.807, 2.05) is 6.92 Å². The Kier molecular flexibility index (Phi) is 12.6. The predicted octanol–water partition coefficient (Wildman–Crippen LogP) is 0.577. The van der Waals surface area contributed by atoms with Crippen molar-refractivity contribution in [3.05, 3.63) is 68.0 Å². The molecule has 0 aromatic carbocycles. The number of fused-ring (bicyclic) bond motifs is 1. The predicted molar refractivity (Wildman–Crippen MR) is 205 cm³/mol. The summed E-state index contributed by atoms with van der Waals surface area (Å²) in [5.74, 6) is -0.124. The number of phosphoric acid groups is 1. The molecule has 0 aliphatic carbocycles. The van der Waals surface area contributed by atoms with E-state index < -0.39 is 99.5 Å². The highest BCUT2D eigenvalue weighted by Gasteiger charge is 2.52. The van der Waals surface area contributed by atoms with Gasteiger partial charge in [0.1, 0.15) is 48.2 Å². The molecule has 7 heterocycles. The van der Waals surface area contributed by atoms with Gasteiger partial charge in [-0.3, -0.25) is 37.0 Å². The van der Waals surface area contributed by atoms with Gasteiger partial charge < -0.3 is 45.0 Å². The molecule has 7 unspecified atom stereocenters. The van der Waals surface area contributed by atoms with Gasteiger partial charge in [-0.05, 0) is 25.3 Å². The molecule has 322 valence electrons. The third kappa shape index (κ3) is 9.24. The number of nitrogens with two attached hydrogens (primary N) is 2. The lowest BCUT2D eigenvalue weighted by Crippen LogP contribution is -2.38. The highest BCUT2D eigenvalue weighted by Crippen LogP contribution is 2.58. The number of anilines is 2. The summed E-state index contributed by atoms with van der Waals surface area (Å²) in [6, 6.07) is 2.59. The Morgan fingerprint density at radius 2 is 1.63 bits per heavy atom. The van der Waals surface area contributed by atoms with Crippen LogP contribution in [0.1, 0.15) is 44.5 Å². The third-order valence-corrected chi connectivity index (χ3v) is 12.6. The first-order valence-electron chi connectivity index (χ1n) is 17.9. The molecule has 3 fully saturated rings. The first-order valence-corrected chi connectivity index (χ1v) is 22.1. The van der Waals surface area contributed by atoms with E-state index in [2.05, 4.69) is 42.2 Å². The quantitative estimate of drug-likeness (QED) is 0.0702. The maximum atomic E-state index is 13.9. The van der Waals surface area contributed by atoms with Gasteiger partial charge in [-0.2, -0.15) is 4.98 Å². The number of nitrogen functional groups attached to an aromatic ring is 2. The number of nitrogens with zero attached hydrogens (tertiary/aromatic N) is 6. The number of methoxy groups -OCH3 is 2. The molecule has 3 aliphatic rings. The average Bonchev–Trinajstić information content (AvgIpc) is 3.93. The third-order valence-electron chi connectivity index (χ3n) is 10.0. The van der Waals surface area contributed by atoms with Gasteiger partial charge in [-0.1, -0.05) is 19.2 Å². The summed E-state index contributed by atoms with van der Waals surface area (Å²) in [6.45, 7) is -1.96. The van der Waals surface area contributed by atoms with Crippen molar-refractivity contribution in [2.75, 3.05) is 38.9 Å². The molecule has 59 heavy (non-hydrogen) atoms. The highest BCUT2D eigenvalue weighted by molar-refractivity contribution is 8.44. The zero-order chi connectivity index (χ0) is 42.4. The van der Waals surface area contributed by atoms with Gasteiger partial charge in [0.2, 0.25) is 0 Å². The second-order valence-electron chi connectivity index (χ2n) is 13.9. The van der Waals surface area contributed by atoms with Crippen molar-refractivity contribution in [1.82, 2.24) is 39.0 Å². The number of H-pyrrole nitrogens is 2. The number of phosphoric ester groups is 1. The summed E-state index contributed by atoms with van der Waals surface area (Å²) in [5.41, 5.74) is 10.3. The summed E-state index contributed by atoms with van der Waals surface area (Å²) in [4.78, 5) is 68.1. The smallest absolute Gasteiger partial charge is 0.383 e. The minimum Gasteiger partial charge on any atom is -0.383 e. The van der Waals surface area contributed by atoms with Crippen LogP contribution in [-0.2, 0) is 50.9 Å². The molecule has 0 amide bonds. The first-order chi connectivity index (χ1) is 28.0. The Morgan fingerprint density at radius 3 is 2.34 bits per heavy atom. The molecule has 3 aliphatic heterocycles. The molecule has 3 saturated heterocycles. The number of aromatic nitrogens is 8. The fraction of sp³-hybridized carbons (Fsp3) is 0.581. The molecule has 0 radical (unpaired) electrons. The van der Waals surface area contributed by atoms with Crippen LogP contribution in [0.15, 0.2) is 45.4 Å². The van der Waals surface area contributed by atoms with Crippen LogP contribution in [-0.4, -0.2) is 114 Å². The zero-order valence-corrected chi connectivity index (χ0v) is 34.4. The monoisotopic (exact) mass is 888 g/mol. The lowest BCUT2D eigenvalue weighted by atomic mass is 10.0. The fourth-order valence-electron chi connectivity index (χ4n) is 7.20. The molecule has 4 aromatic rings. The number of rotatable bonds is 15. The molecule has 28 heteroatoms. The van der Waals surface area contributed by atoms with E-state index in [-0.39, 0.29) is 41.0 Å². The van der Waals surface area contributed by atoms with E-state index in [4.69, 9.17) is 53.2 Å². The molecular formula is C31H42N10O15P2S. The number of imidazole rings is 1. The summed E-state index contributed by atoms with van der Waals surface area (Å²) < 4.78 is 82.3. The van der Waals surface area contributed by atoms with E-state index in [9.17, 15) is 28.4 Å². The maximum Gasteiger partial charge on any atom is 0.472 e. The Hall–Kier alpha value is -3.88. The lowest BCUT2D eigenvalue weighted by Gasteiger charge is -2.27. The lowest BCUT2D eigenvalue weighted by molar-refractivity contribution is -0.0624. The van der Waals surface area contributed by atoms with Gasteiger partial charge >= 0.3 is 26.0 Å². The highest BCUT2D eigenvalue weighted by atomic mass is 32.7. The largest absolute Gasteiger partial charge is 0.472 e. The van der Waals surface area contributed by atoms with E-state index in [0.29, 0.717) is 6.42 Å². The Bertz CT molecular complexity index is 2410. The van der Waals surface area contributed by atoms with Gasteiger partial charge in [0.05, 0.1) is 43.5 Å². The Labute approximate surface area is 338 Å². The summed E-state index contributed by atoms with van der Waals surface area (Å²) in [7, 11) is -2.39. The van der Waals surface area contributed by atoms with Crippen LogP contribution >= 0.6 is 26.9 Å². The molecule has 7 N–H and O–H groups in total. The number of aromatic amines is 2. The van der Waals surface area contributed by atoms with E-state index >= 15 is 0 Å². The van der Waals surface area contributed by atoms with Crippen LogP contribution in [0, 0.1) is 5.92 Å². The molecule has 4 aromatic heterocycles. The topological polar surface area (TPSA) is 334 Å². The van der Waals surface area contributed by atoms with Crippen molar-refractivity contribution >= 4 is 49.7 Å². The molecule has 0 spiro atoms. The summed E-state index contributed by atoms with van der Waals surface area (Å²) in [6.07, 6.45) is -6.28. The van der Waals surface area contributed by atoms with E-state index in [0.717, 1.165) is 4.57 Å². The molecule has 25 nitrogen and oxygen atoms in total. The minimum absolute atomic E-state index is 0.0186. The first kappa shape index (κ1) is 43.2. The van der Waals surface area contributed by atoms with Crippen LogP contribution in [0.25, 0.3) is 11.2 Å². The van der Waals surface area contributed by atoms with Crippen molar-refractivity contribution < 1.29 is 55.8 Å². The van der Waals surface area contributed by atoms with Crippen molar-refractivity contribution in [1.29, 1.82) is 0 Å². The van der Waals surface area contributed by atoms with E-state index in [1.165, 1.54) is 49.8 Å². The van der Waals surface area contributed by atoms with Crippen molar-refractivity contribution in [2.24, 2.45) is 5.92 Å².